The van der Waals surface area contributed by atoms with Crippen molar-refractivity contribution in [3.05, 3.63) is 30.3 Å². The molecule has 2 aliphatic rings. The van der Waals surface area contributed by atoms with E-state index in [9.17, 15) is 0 Å². The van der Waals surface area contributed by atoms with Crippen molar-refractivity contribution in [2.24, 2.45) is 16.1 Å². The summed E-state index contributed by atoms with van der Waals surface area (Å²) >= 11 is 0. The number of benzene rings is 1. The first kappa shape index (κ1) is 15.3. The molecular formula is C18H27N3O. The maximum Gasteiger partial charge on any atom is 0.193 e. The third-order valence-electron chi connectivity index (χ3n) is 5.24. The van der Waals surface area contributed by atoms with Crippen LogP contribution in [0.3, 0.4) is 0 Å². The molecular weight excluding hydrogens is 274 g/mol. The van der Waals surface area contributed by atoms with Crippen LogP contribution in [0.2, 0.25) is 0 Å². The van der Waals surface area contributed by atoms with Gasteiger partial charge in [-0.25, -0.2) is 4.99 Å². The van der Waals surface area contributed by atoms with Crippen LogP contribution < -0.4 is 11.1 Å². The lowest BCUT2D eigenvalue weighted by atomic mass is 9.55. The zero-order chi connectivity index (χ0) is 15.4. The van der Waals surface area contributed by atoms with E-state index in [4.69, 9.17) is 15.5 Å². The molecule has 120 valence electrons. The molecule has 4 nitrogen and oxygen atoms in total. The Bertz CT molecular complexity index is 508. The summed E-state index contributed by atoms with van der Waals surface area (Å²) in [7, 11) is 0. The highest BCUT2D eigenvalue weighted by Gasteiger charge is 2.55. The minimum Gasteiger partial charge on any atom is -0.378 e. The van der Waals surface area contributed by atoms with Crippen molar-refractivity contribution in [2.45, 2.75) is 57.6 Å². The van der Waals surface area contributed by atoms with Gasteiger partial charge in [0.25, 0.3) is 0 Å². The number of nitrogens with one attached hydrogen (secondary N) is 1. The van der Waals surface area contributed by atoms with Crippen molar-refractivity contribution in [3.8, 4) is 0 Å². The smallest absolute Gasteiger partial charge is 0.193 e. The van der Waals surface area contributed by atoms with E-state index in [0.717, 1.165) is 18.7 Å². The molecule has 1 aromatic rings. The highest BCUT2D eigenvalue weighted by Crippen LogP contribution is 2.54. The van der Waals surface area contributed by atoms with Gasteiger partial charge in [0.05, 0.1) is 12.1 Å². The summed E-state index contributed by atoms with van der Waals surface area (Å²) in [6.07, 6.45) is 7.76. The number of nitrogens with zero attached hydrogens (tertiary/aromatic N) is 1. The summed E-state index contributed by atoms with van der Waals surface area (Å²) < 4.78 is 5.97. The third kappa shape index (κ3) is 2.98. The molecule has 22 heavy (non-hydrogen) atoms. The third-order valence-corrected chi connectivity index (χ3v) is 5.24. The van der Waals surface area contributed by atoms with Gasteiger partial charge in [-0.2, -0.15) is 0 Å². The van der Waals surface area contributed by atoms with Crippen molar-refractivity contribution >= 4 is 11.6 Å². The first-order valence-corrected chi connectivity index (χ1v) is 8.51. The van der Waals surface area contributed by atoms with Gasteiger partial charge in [0, 0.05) is 17.7 Å². The van der Waals surface area contributed by atoms with Crippen LogP contribution in [0.4, 0.5) is 5.69 Å². The molecule has 4 heteroatoms. The molecule has 3 rings (SSSR count). The van der Waals surface area contributed by atoms with Crippen LogP contribution in [0.5, 0.6) is 0 Å². The standard InChI is InChI=1S/C18H27N3O/c1-2-22-16-13-15(18(16)11-7-4-8-12-18)21-17(19)20-14-9-5-3-6-10-14/h3,5-6,9-10,15-16H,2,4,7-8,11-13H2,1H3,(H3,19,20,21). The van der Waals surface area contributed by atoms with Gasteiger partial charge in [-0.3, -0.25) is 0 Å². The van der Waals surface area contributed by atoms with E-state index in [1.165, 1.54) is 32.1 Å². The van der Waals surface area contributed by atoms with E-state index >= 15 is 0 Å². The minimum absolute atomic E-state index is 0.233. The number of guanidine groups is 1. The summed E-state index contributed by atoms with van der Waals surface area (Å²) in [5.41, 5.74) is 7.35. The van der Waals surface area contributed by atoms with Gasteiger partial charge in [0.2, 0.25) is 0 Å². The number of anilines is 1. The SMILES string of the molecule is CCOC1CC(N=C(N)Nc2ccccc2)C12CCCCC2. The van der Waals surface area contributed by atoms with E-state index in [-0.39, 0.29) is 5.41 Å². The number of rotatable bonds is 4. The maximum atomic E-state index is 6.12. The van der Waals surface area contributed by atoms with E-state index in [1.807, 2.05) is 30.3 Å². The first-order chi connectivity index (χ1) is 10.7. The Hall–Kier alpha value is -1.55. The van der Waals surface area contributed by atoms with Crippen LogP contribution >= 0.6 is 0 Å². The van der Waals surface area contributed by atoms with Crippen molar-refractivity contribution in [2.75, 3.05) is 11.9 Å². The summed E-state index contributed by atoms with van der Waals surface area (Å²) in [5, 5.41) is 3.20. The molecule has 0 bridgehead atoms. The second kappa shape index (κ2) is 6.69. The second-order valence-electron chi connectivity index (χ2n) is 6.49. The maximum absolute atomic E-state index is 6.12. The summed E-state index contributed by atoms with van der Waals surface area (Å²) in [4.78, 5) is 4.79. The van der Waals surface area contributed by atoms with Crippen molar-refractivity contribution in [1.29, 1.82) is 0 Å². The average Bonchev–Trinajstić information content (AvgIpc) is 2.55. The van der Waals surface area contributed by atoms with Crippen LogP contribution in [0.25, 0.3) is 0 Å². The van der Waals surface area contributed by atoms with Gasteiger partial charge in [-0.05, 0) is 38.3 Å². The molecule has 2 saturated carbocycles. The van der Waals surface area contributed by atoms with Crippen LogP contribution in [0.1, 0.15) is 45.4 Å². The predicted molar refractivity (Wildman–Crippen MR) is 91.0 cm³/mol. The fourth-order valence-electron chi connectivity index (χ4n) is 4.08. The van der Waals surface area contributed by atoms with Gasteiger partial charge in [0.15, 0.2) is 5.96 Å². The molecule has 2 unspecified atom stereocenters. The number of hydrogen-bond donors (Lipinski definition) is 2. The number of ether oxygens (including phenoxy) is 1. The lowest BCUT2D eigenvalue weighted by Gasteiger charge is -2.55. The van der Waals surface area contributed by atoms with Gasteiger partial charge >= 0.3 is 0 Å². The zero-order valence-corrected chi connectivity index (χ0v) is 13.4. The van der Waals surface area contributed by atoms with E-state index in [1.54, 1.807) is 0 Å². The fourth-order valence-corrected chi connectivity index (χ4v) is 4.08. The Kier molecular flexibility index (Phi) is 4.67. The Balaban J connectivity index is 1.69. The number of nitrogens with two attached hydrogens (primary N) is 1. The van der Waals surface area contributed by atoms with E-state index < -0.39 is 0 Å². The largest absolute Gasteiger partial charge is 0.378 e. The molecule has 0 radical (unpaired) electrons. The topological polar surface area (TPSA) is 59.6 Å². The average molecular weight is 301 g/mol. The van der Waals surface area contributed by atoms with Gasteiger partial charge in [-0.15, -0.1) is 0 Å². The second-order valence-corrected chi connectivity index (χ2v) is 6.49. The van der Waals surface area contributed by atoms with Gasteiger partial charge in [0.1, 0.15) is 0 Å². The minimum atomic E-state index is 0.233. The first-order valence-electron chi connectivity index (χ1n) is 8.51. The molecule has 1 spiro atoms. The Morgan fingerprint density at radius 1 is 1.27 bits per heavy atom. The molecule has 0 saturated heterocycles. The number of aliphatic imine (C=N–C) groups is 1. The molecule has 0 heterocycles. The summed E-state index contributed by atoms with van der Waals surface area (Å²) in [5.74, 6) is 0.524. The van der Waals surface area contributed by atoms with Crippen molar-refractivity contribution in [1.82, 2.24) is 0 Å². The number of para-hydroxylation sites is 1. The van der Waals surface area contributed by atoms with Crippen molar-refractivity contribution < 1.29 is 4.74 Å². The molecule has 0 amide bonds. The van der Waals surface area contributed by atoms with E-state index in [0.29, 0.717) is 18.1 Å². The van der Waals surface area contributed by atoms with Gasteiger partial charge in [-0.1, -0.05) is 37.5 Å². The predicted octanol–water partition coefficient (Wildman–Crippen LogP) is 3.54. The fraction of sp³-hybridized carbons (Fsp3) is 0.611. The van der Waals surface area contributed by atoms with E-state index in [2.05, 4.69) is 12.2 Å². The lowest BCUT2D eigenvalue weighted by molar-refractivity contribution is -0.139. The van der Waals surface area contributed by atoms with Gasteiger partial charge < -0.3 is 15.8 Å². The van der Waals surface area contributed by atoms with Crippen LogP contribution in [-0.2, 0) is 4.74 Å². The molecule has 1 aromatic carbocycles. The Morgan fingerprint density at radius 3 is 2.68 bits per heavy atom. The van der Waals surface area contributed by atoms with Crippen LogP contribution in [-0.4, -0.2) is 24.7 Å². The molecule has 2 atom stereocenters. The normalized spacial score (nSPS) is 27.4. The quantitative estimate of drug-likeness (QED) is 0.660. The molecule has 3 N–H and O–H groups in total. The summed E-state index contributed by atoms with van der Waals surface area (Å²) in [6, 6.07) is 10.3. The molecule has 2 fully saturated rings. The van der Waals surface area contributed by atoms with Crippen LogP contribution in [0, 0.1) is 5.41 Å². The molecule has 0 aromatic heterocycles. The lowest BCUT2D eigenvalue weighted by Crippen LogP contribution is -2.58. The summed E-state index contributed by atoms with van der Waals surface area (Å²) in [6.45, 7) is 2.87. The Labute approximate surface area is 133 Å². The molecule has 0 aliphatic heterocycles. The van der Waals surface area contributed by atoms with Crippen LogP contribution in [0.15, 0.2) is 35.3 Å². The van der Waals surface area contributed by atoms with Crippen molar-refractivity contribution in [3.63, 3.8) is 0 Å². The zero-order valence-electron chi connectivity index (χ0n) is 13.4. The Morgan fingerprint density at radius 2 is 2.00 bits per heavy atom. The monoisotopic (exact) mass is 301 g/mol. The molecule has 2 aliphatic carbocycles. The number of hydrogen-bond acceptors (Lipinski definition) is 2. The highest BCUT2D eigenvalue weighted by atomic mass is 16.5. The highest BCUT2D eigenvalue weighted by molar-refractivity contribution is 5.92.